The summed E-state index contributed by atoms with van der Waals surface area (Å²) >= 11 is 0. The SMILES string of the molecule is CC(C)C[C@H]1NC(=O)c2ccc(F)cc2OCC(=O)NCCCCCCCCNC(=O)C(C)(C)N(C)C(=O)[C@H]2CCCN2C1=O. The molecule has 0 saturated carbocycles. The Morgan fingerprint density at radius 2 is 1.58 bits per heavy atom. The van der Waals surface area contributed by atoms with Gasteiger partial charge in [0, 0.05) is 32.7 Å². The van der Waals surface area contributed by atoms with E-state index in [0.717, 1.165) is 50.7 Å². The van der Waals surface area contributed by atoms with E-state index in [2.05, 4.69) is 16.0 Å². The van der Waals surface area contributed by atoms with Crippen LogP contribution in [0.4, 0.5) is 4.39 Å². The van der Waals surface area contributed by atoms with E-state index in [1.807, 2.05) is 13.8 Å². The summed E-state index contributed by atoms with van der Waals surface area (Å²) in [6.07, 6.45) is 6.77. The average Bonchev–Trinajstić information content (AvgIpc) is 3.48. The van der Waals surface area contributed by atoms with Crippen molar-refractivity contribution < 1.29 is 33.1 Å². The highest BCUT2D eigenvalue weighted by atomic mass is 19.1. The van der Waals surface area contributed by atoms with Gasteiger partial charge in [-0.05, 0) is 64.0 Å². The van der Waals surface area contributed by atoms with Crippen molar-refractivity contribution in [2.45, 2.75) is 103 Å². The van der Waals surface area contributed by atoms with Gasteiger partial charge in [-0.2, -0.15) is 0 Å². The van der Waals surface area contributed by atoms with E-state index < -0.39 is 47.8 Å². The summed E-state index contributed by atoms with van der Waals surface area (Å²) in [6, 6.07) is 1.66. The summed E-state index contributed by atoms with van der Waals surface area (Å²) in [5, 5.41) is 8.52. The van der Waals surface area contributed by atoms with Gasteiger partial charge >= 0.3 is 0 Å². The van der Waals surface area contributed by atoms with Crippen LogP contribution in [0.1, 0.15) is 95.8 Å². The fraction of sp³-hybridized carbons (Fsp3) is 0.667. The summed E-state index contributed by atoms with van der Waals surface area (Å²) in [5.74, 6) is -2.79. The number of carbonyl (C=O) groups is 5. The number of ether oxygens (including phenoxy) is 1. The number of fused-ring (bicyclic) bond motifs is 2. The van der Waals surface area contributed by atoms with Gasteiger partial charge in [0.05, 0.1) is 5.56 Å². The van der Waals surface area contributed by atoms with Crippen LogP contribution >= 0.6 is 0 Å². The first-order valence-corrected chi connectivity index (χ1v) is 16.2. The number of nitrogens with one attached hydrogen (secondary N) is 3. The van der Waals surface area contributed by atoms with Gasteiger partial charge in [-0.25, -0.2) is 4.39 Å². The smallest absolute Gasteiger partial charge is 0.257 e. The van der Waals surface area contributed by atoms with E-state index >= 15 is 0 Å². The molecule has 0 aromatic heterocycles. The summed E-state index contributed by atoms with van der Waals surface area (Å²) < 4.78 is 19.7. The van der Waals surface area contributed by atoms with Crippen molar-refractivity contribution in [1.82, 2.24) is 25.8 Å². The molecule has 0 radical (unpaired) electrons. The van der Waals surface area contributed by atoms with Crippen molar-refractivity contribution in [3.05, 3.63) is 29.6 Å². The minimum atomic E-state index is -1.14. The molecule has 1 saturated heterocycles. The summed E-state index contributed by atoms with van der Waals surface area (Å²) in [4.78, 5) is 69.6. The molecular weight excluding hydrogens is 581 g/mol. The Labute approximate surface area is 266 Å². The van der Waals surface area contributed by atoms with Crippen molar-refractivity contribution in [2.75, 3.05) is 33.3 Å². The molecule has 2 heterocycles. The van der Waals surface area contributed by atoms with Crippen LogP contribution in [-0.2, 0) is 19.2 Å². The minimum absolute atomic E-state index is 0.0159. The van der Waals surface area contributed by atoms with Gasteiger partial charge in [-0.1, -0.05) is 39.5 Å². The Morgan fingerprint density at radius 3 is 2.24 bits per heavy atom. The minimum Gasteiger partial charge on any atom is -0.483 e. The van der Waals surface area contributed by atoms with E-state index in [4.69, 9.17) is 4.74 Å². The lowest BCUT2D eigenvalue weighted by Gasteiger charge is -2.38. The van der Waals surface area contributed by atoms with E-state index in [0.29, 0.717) is 38.9 Å². The first-order valence-electron chi connectivity index (χ1n) is 16.2. The molecule has 1 aromatic carbocycles. The molecule has 3 N–H and O–H groups in total. The van der Waals surface area contributed by atoms with Crippen LogP contribution < -0.4 is 20.7 Å². The molecular formula is C33H50FN5O6. The molecule has 45 heavy (non-hydrogen) atoms. The standard InChI is InChI=1S/C33H50FN5O6/c1-22(2)19-25-30(42)39-18-12-13-26(39)31(43)38(5)33(3,4)32(44)36-17-11-9-7-6-8-10-16-35-28(40)21-45-27-20-23(34)14-15-24(27)29(41)37-25/h14-15,20,22,25-26H,6-13,16-19,21H2,1-5H3,(H,35,40)(H,36,44)(H,37,41)/t25-,26-/m1/s1. The molecule has 250 valence electrons. The molecule has 1 aromatic rings. The van der Waals surface area contributed by atoms with Crippen molar-refractivity contribution in [3.63, 3.8) is 0 Å². The van der Waals surface area contributed by atoms with Gasteiger partial charge in [0.2, 0.25) is 17.7 Å². The molecule has 0 unspecified atom stereocenters. The van der Waals surface area contributed by atoms with E-state index in [9.17, 15) is 28.4 Å². The Hall–Kier alpha value is -3.70. The van der Waals surface area contributed by atoms with E-state index in [-0.39, 0.29) is 29.0 Å². The number of hydrogen-bond acceptors (Lipinski definition) is 6. The van der Waals surface area contributed by atoms with Crippen LogP contribution in [0.15, 0.2) is 18.2 Å². The number of rotatable bonds is 2. The van der Waals surface area contributed by atoms with Crippen LogP contribution in [0.5, 0.6) is 5.75 Å². The normalized spacial score (nSPS) is 23.6. The predicted octanol–water partition coefficient (Wildman–Crippen LogP) is 3.16. The maximum absolute atomic E-state index is 14.2. The van der Waals surface area contributed by atoms with Gasteiger partial charge in [-0.15, -0.1) is 0 Å². The Balaban J connectivity index is 1.88. The Morgan fingerprint density at radius 1 is 0.933 bits per heavy atom. The average molecular weight is 632 g/mol. The van der Waals surface area contributed by atoms with Crippen molar-refractivity contribution >= 4 is 29.5 Å². The third kappa shape index (κ3) is 9.89. The first-order chi connectivity index (χ1) is 21.3. The predicted molar refractivity (Wildman–Crippen MR) is 168 cm³/mol. The lowest BCUT2D eigenvalue weighted by Crippen LogP contribution is -2.60. The second-order valence-corrected chi connectivity index (χ2v) is 13.0. The highest BCUT2D eigenvalue weighted by Gasteiger charge is 2.43. The molecule has 0 bridgehead atoms. The van der Waals surface area contributed by atoms with Crippen molar-refractivity contribution in [3.8, 4) is 5.75 Å². The zero-order valence-corrected chi connectivity index (χ0v) is 27.4. The van der Waals surface area contributed by atoms with Gasteiger partial charge in [0.25, 0.3) is 11.8 Å². The molecule has 1 fully saturated rings. The molecule has 0 spiro atoms. The molecule has 3 rings (SSSR count). The van der Waals surface area contributed by atoms with E-state index in [1.54, 1.807) is 20.9 Å². The Bertz CT molecular complexity index is 1220. The van der Waals surface area contributed by atoms with Crippen molar-refractivity contribution in [1.29, 1.82) is 0 Å². The monoisotopic (exact) mass is 631 g/mol. The third-order valence-electron chi connectivity index (χ3n) is 8.61. The maximum Gasteiger partial charge on any atom is 0.257 e. The van der Waals surface area contributed by atoms with Gasteiger partial charge in [-0.3, -0.25) is 24.0 Å². The van der Waals surface area contributed by atoms with E-state index in [1.165, 1.54) is 15.9 Å². The number of hydrogen-bond donors (Lipinski definition) is 3. The fourth-order valence-corrected chi connectivity index (χ4v) is 5.67. The molecule has 2 aliphatic heterocycles. The van der Waals surface area contributed by atoms with Gasteiger partial charge < -0.3 is 30.5 Å². The second kappa shape index (κ2) is 16.6. The number of benzene rings is 1. The van der Waals surface area contributed by atoms with Crippen LogP contribution in [-0.4, -0.2) is 90.2 Å². The van der Waals surface area contributed by atoms with Crippen LogP contribution in [0.2, 0.25) is 0 Å². The number of carbonyl (C=O) groups excluding carboxylic acids is 5. The van der Waals surface area contributed by atoms with Crippen LogP contribution in [0.25, 0.3) is 0 Å². The topological polar surface area (TPSA) is 137 Å². The molecule has 12 heteroatoms. The highest BCUT2D eigenvalue weighted by molar-refractivity contribution is 6.01. The Kier molecular flexibility index (Phi) is 13.2. The number of halogens is 1. The first kappa shape index (κ1) is 35.8. The molecule has 5 amide bonds. The molecule has 2 atom stereocenters. The van der Waals surface area contributed by atoms with Gasteiger partial charge in [0.15, 0.2) is 6.61 Å². The molecule has 2 aliphatic rings. The molecule has 11 nitrogen and oxygen atoms in total. The molecule has 0 aliphatic carbocycles. The van der Waals surface area contributed by atoms with Crippen molar-refractivity contribution in [2.24, 2.45) is 5.92 Å². The maximum atomic E-state index is 14.2. The lowest BCUT2D eigenvalue weighted by atomic mass is 9.99. The summed E-state index contributed by atoms with van der Waals surface area (Å²) in [6.45, 7) is 8.11. The number of amides is 5. The lowest BCUT2D eigenvalue weighted by molar-refractivity contribution is -0.151. The van der Waals surface area contributed by atoms with Crippen LogP contribution in [0.3, 0.4) is 0 Å². The highest BCUT2D eigenvalue weighted by Crippen LogP contribution is 2.26. The second-order valence-electron chi connectivity index (χ2n) is 13.0. The van der Waals surface area contributed by atoms with Gasteiger partial charge in [0.1, 0.15) is 29.2 Å². The third-order valence-corrected chi connectivity index (χ3v) is 8.61. The zero-order chi connectivity index (χ0) is 33.1. The summed E-state index contributed by atoms with van der Waals surface area (Å²) in [5.41, 5.74) is -1.16. The van der Waals surface area contributed by atoms with Crippen LogP contribution in [0, 0.1) is 11.7 Å². The number of nitrogens with zero attached hydrogens (tertiary/aromatic N) is 2. The zero-order valence-electron chi connectivity index (χ0n) is 27.4. The largest absolute Gasteiger partial charge is 0.483 e. The summed E-state index contributed by atoms with van der Waals surface area (Å²) in [7, 11) is 1.58. The number of likely N-dealkylation sites (N-methyl/N-ethyl adjacent to an activating group) is 1. The quantitative estimate of drug-likeness (QED) is 0.459. The fourth-order valence-electron chi connectivity index (χ4n) is 5.67.